The fraction of sp³-hybridized carbons (Fsp3) is 0.765. The van der Waals surface area contributed by atoms with Gasteiger partial charge in [-0.25, -0.2) is 4.79 Å². The Morgan fingerprint density at radius 2 is 1.63 bits per heavy atom. The minimum absolute atomic E-state index is 0.0585. The highest BCUT2D eigenvalue weighted by molar-refractivity contribution is 5.97. The molecule has 4 aliphatic rings. The van der Waals surface area contributed by atoms with E-state index in [9.17, 15) is 9.59 Å². The van der Waals surface area contributed by atoms with Gasteiger partial charge in [0, 0.05) is 57.2 Å². The zero-order valence-corrected chi connectivity index (χ0v) is 26.1. The summed E-state index contributed by atoms with van der Waals surface area (Å²) in [5.74, 6) is 1.62. The van der Waals surface area contributed by atoms with E-state index >= 15 is 0 Å². The normalized spacial score (nSPS) is 24.2. The van der Waals surface area contributed by atoms with Crippen LogP contribution in [0.5, 0.6) is 5.75 Å². The van der Waals surface area contributed by atoms with Gasteiger partial charge in [0.05, 0.1) is 12.6 Å². The van der Waals surface area contributed by atoms with Gasteiger partial charge in [0.25, 0.3) is 5.91 Å². The summed E-state index contributed by atoms with van der Waals surface area (Å²) in [6.07, 6.45) is 13.6. The maximum Gasteiger partial charge on any atom is 0.410 e. The number of piperidine rings is 2. The minimum atomic E-state index is -0.323. The molecule has 7 nitrogen and oxygen atoms in total. The number of amides is 2. The number of unbranched alkanes of at least 4 members (excludes halogenated alkanes) is 1. The number of hydrogen-bond acceptors (Lipinski definition) is 5. The van der Waals surface area contributed by atoms with E-state index in [1.54, 1.807) is 0 Å². The maximum atomic E-state index is 13.5. The number of likely N-dealkylation sites (tertiary alicyclic amines) is 2. The standard InChI is InChI=1S/C34H53N3O4/c1-5-7-13-30-34(41-33(39)37(30)24-27-11-9-8-10-12-27)16-20-35(21-17-34)28-14-18-36(19-15-28)32(38)31-25(3)22-29(40-6-2)23-26(31)4/h22-23,27-28,30H,5-21,24H2,1-4H3. The maximum absolute atomic E-state index is 13.5. The number of carbonyl (C=O) groups excluding carboxylic acids is 2. The molecule has 1 unspecified atom stereocenters. The van der Waals surface area contributed by atoms with Gasteiger partial charge >= 0.3 is 6.09 Å². The van der Waals surface area contributed by atoms with E-state index in [2.05, 4.69) is 16.7 Å². The van der Waals surface area contributed by atoms with Crippen molar-refractivity contribution in [3.63, 3.8) is 0 Å². The zero-order valence-electron chi connectivity index (χ0n) is 26.1. The molecule has 228 valence electrons. The second-order valence-electron chi connectivity index (χ2n) is 13.2. The molecule has 4 fully saturated rings. The first-order valence-corrected chi connectivity index (χ1v) is 16.6. The van der Waals surface area contributed by atoms with Crippen molar-refractivity contribution in [3.05, 3.63) is 28.8 Å². The molecule has 3 aliphatic heterocycles. The van der Waals surface area contributed by atoms with Gasteiger partial charge in [-0.1, -0.05) is 39.0 Å². The van der Waals surface area contributed by atoms with Crippen LogP contribution in [-0.2, 0) is 4.74 Å². The average Bonchev–Trinajstić information content (AvgIpc) is 3.21. The van der Waals surface area contributed by atoms with Crippen molar-refractivity contribution >= 4 is 12.0 Å². The highest BCUT2D eigenvalue weighted by atomic mass is 16.6. The molecule has 3 saturated heterocycles. The first kappa shape index (κ1) is 30.2. The van der Waals surface area contributed by atoms with Gasteiger partial charge in [-0.05, 0) is 82.1 Å². The zero-order chi connectivity index (χ0) is 29.0. The molecule has 3 heterocycles. The average molecular weight is 568 g/mol. The molecule has 1 spiro atoms. The summed E-state index contributed by atoms with van der Waals surface area (Å²) in [5.41, 5.74) is 2.48. The number of carbonyl (C=O) groups is 2. The predicted octanol–water partition coefficient (Wildman–Crippen LogP) is 6.73. The molecule has 1 saturated carbocycles. The van der Waals surface area contributed by atoms with Crippen LogP contribution in [0.15, 0.2) is 12.1 Å². The molecule has 41 heavy (non-hydrogen) atoms. The summed E-state index contributed by atoms with van der Waals surface area (Å²) in [5, 5.41) is 0. The van der Waals surface area contributed by atoms with Gasteiger partial charge in [-0.15, -0.1) is 0 Å². The second-order valence-corrected chi connectivity index (χ2v) is 13.2. The summed E-state index contributed by atoms with van der Waals surface area (Å²) >= 11 is 0. The number of rotatable bonds is 9. The molecular formula is C34H53N3O4. The van der Waals surface area contributed by atoms with Crippen LogP contribution in [0.2, 0.25) is 0 Å². The molecule has 0 bridgehead atoms. The number of hydrogen-bond donors (Lipinski definition) is 0. The quantitative estimate of drug-likeness (QED) is 0.331. The number of aryl methyl sites for hydroxylation is 2. The van der Waals surface area contributed by atoms with Crippen LogP contribution in [0.3, 0.4) is 0 Å². The molecule has 7 heteroatoms. The molecule has 2 amide bonds. The van der Waals surface area contributed by atoms with E-state index in [-0.39, 0.29) is 23.6 Å². The highest BCUT2D eigenvalue weighted by Crippen LogP contribution is 2.43. The van der Waals surface area contributed by atoms with E-state index in [0.29, 0.717) is 18.6 Å². The lowest BCUT2D eigenvalue weighted by molar-refractivity contribution is -0.0385. The van der Waals surface area contributed by atoms with E-state index in [1.165, 1.54) is 32.1 Å². The van der Waals surface area contributed by atoms with Crippen molar-refractivity contribution in [2.45, 2.75) is 122 Å². The number of ether oxygens (including phenoxy) is 2. The largest absolute Gasteiger partial charge is 0.494 e. The highest BCUT2D eigenvalue weighted by Gasteiger charge is 2.55. The molecule has 1 aromatic carbocycles. The summed E-state index contributed by atoms with van der Waals surface area (Å²) in [4.78, 5) is 33.6. The molecule has 1 aromatic rings. The minimum Gasteiger partial charge on any atom is -0.494 e. The van der Waals surface area contributed by atoms with E-state index < -0.39 is 0 Å². The van der Waals surface area contributed by atoms with Crippen molar-refractivity contribution < 1.29 is 19.1 Å². The number of nitrogens with zero attached hydrogens (tertiary/aromatic N) is 3. The summed E-state index contributed by atoms with van der Waals surface area (Å²) in [7, 11) is 0. The molecular weight excluding hydrogens is 514 g/mol. The molecule has 0 radical (unpaired) electrons. The molecule has 1 atom stereocenters. The monoisotopic (exact) mass is 567 g/mol. The first-order chi connectivity index (χ1) is 19.8. The van der Waals surface area contributed by atoms with E-state index in [1.807, 2.05) is 37.8 Å². The van der Waals surface area contributed by atoms with Gasteiger partial charge in [0.1, 0.15) is 11.4 Å². The Balaban J connectivity index is 1.17. The van der Waals surface area contributed by atoms with Crippen molar-refractivity contribution in [1.29, 1.82) is 0 Å². The van der Waals surface area contributed by atoms with Crippen molar-refractivity contribution in [2.24, 2.45) is 5.92 Å². The SMILES string of the molecule is CCCCC1N(CC2CCCCC2)C(=O)OC12CCN(C1CCN(C(=O)c3c(C)cc(OCC)cc3C)CC1)CC2. The van der Waals surface area contributed by atoms with Crippen LogP contribution in [0.4, 0.5) is 4.79 Å². The Labute approximate surface area is 247 Å². The van der Waals surface area contributed by atoms with Crippen molar-refractivity contribution in [2.75, 3.05) is 39.3 Å². The summed E-state index contributed by atoms with van der Waals surface area (Å²) in [6.45, 7) is 13.3. The van der Waals surface area contributed by atoms with Gasteiger partial charge in [0.15, 0.2) is 0 Å². The van der Waals surface area contributed by atoms with Crippen LogP contribution in [0.25, 0.3) is 0 Å². The van der Waals surface area contributed by atoms with Crippen LogP contribution in [0.1, 0.15) is 112 Å². The first-order valence-electron chi connectivity index (χ1n) is 16.6. The van der Waals surface area contributed by atoms with Gasteiger partial charge in [0.2, 0.25) is 0 Å². The Kier molecular flexibility index (Phi) is 9.83. The third-order valence-corrected chi connectivity index (χ3v) is 10.5. The van der Waals surface area contributed by atoms with Crippen LogP contribution in [0, 0.1) is 19.8 Å². The van der Waals surface area contributed by atoms with Gasteiger partial charge in [-0.3, -0.25) is 9.69 Å². The Morgan fingerprint density at radius 1 is 0.976 bits per heavy atom. The van der Waals surface area contributed by atoms with E-state index in [0.717, 1.165) is 100 Å². The Morgan fingerprint density at radius 3 is 2.24 bits per heavy atom. The molecule has 0 aromatic heterocycles. The van der Waals surface area contributed by atoms with Crippen molar-refractivity contribution in [1.82, 2.24) is 14.7 Å². The lowest BCUT2D eigenvalue weighted by Gasteiger charge is -2.46. The molecule has 5 rings (SSSR count). The summed E-state index contributed by atoms with van der Waals surface area (Å²) < 4.78 is 12.0. The van der Waals surface area contributed by atoms with Crippen LogP contribution in [-0.4, -0.2) is 83.7 Å². The third-order valence-electron chi connectivity index (χ3n) is 10.5. The van der Waals surface area contributed by atoms with Gasteiger partial charge in [-0.2, -0.15) is 0 Å². The third kappa shape index (κ3) is 6.55. The summed E-state index contributed by atoms with van der Waals surface area (Å²) in [6, 6.07) is 4.68. The fourth-order valence-electron chi connectivity index (χ4n) is 8.18. The Bertz CT molecular complexity index is 1030. The van der Waals surface area contributed by atoms with Gasteiger partial charge < -0.3 is 19.3 Å². The van der Waals surface area contributed by atoms with Crippen LogP contribution >= 0.6 is 0 Å². The number of benzene rings is 1. The lowest BCUT2D eigenvalue weighted by atomic mass is 9.80. The smallest absolute Gasteiger partial charge is 0.410 e. The van der Waals surface area contributed by atoms with Crippen LogP contribution < -0.4 is 4.74 Å². The second kappa shape index (κ2) is 13.4. The molecule has 1 aliphatic carbocycles. The van der Waals surface area contributed by atoms with E-state index in [4.69, 9.17) is 9.47 Å². The lowest BCUT2D eigenvalue weighted by Crippen LogP contribution is -2.56. The predicted molar refractivity (Wildman–Crippen MR) is 163 cm³/mol. The van der Waals surface area contributed by atoms with Crippen molar-refractivity contribution in [3.8, 4) is 5.75 Å². The fourth-order valence-corrected chi connectivity index (χ4v) is 8.18. The topological polar surface area (TPSA) is 62.3 Å². The Hall–Kier alpha value is -2.28. The molecule has 0 N–H and O–H groups in total.